The quantitative estimate of drug-likeness (QED) is 0.485. The number of thioether (sulfide) groups is 1. The van der Waals surface area contributed by atoms with Crippen molar-refractivity contribution in [1.29, 1.82) is 0 Å². The zero-order valence-electron chi connectivity index (χ0n) is 13.8. The maximum absolute atomic E-state index is 11.9. The number of para-hydroxylation sites is 1. The van der Waals surface area contributed by atoms with E-state index in [1.165, 1.54) is 11.8 Å². The highest BCUT2D eigenvalue weighted by atomic mass is 32.2. The molecule has 0 aliphatic rings. The van der Waals surface area contributed by atoms with Crippen LogP contribution in [0.4, 0.5) is 17.6 Å². The highest BCUT2D eigenvalue weighted by molar-refractivity contribution is 8.00. The van der Waals surface area contributed by atoms with E-state index < -0.39 is 0 Å². The first kappa shape index (κ1) is 17.7. The van der Waals surface area contributed by atoms with Crippen LogP contribution in [0.3, 0.4) is 0 Å². The third-order valence-corrected chi connectivity index (χ3v) is 4.18. The van der Waals surface area contributed by atoms with Gasteiger partial charge in [0, 0.05) is 10.6 Å². The lowest BCUT2D eigenvalue weighted by molar-refractivity contribution is -0.141. The monoisotopic (exact) mass is 367 g/mol. The molecule has 7 nitrogen and oxygen atoms in total. The van der Waals surface area contributed by atoms with Crippen LogP contribution in [0, 0.1) is 0 Å². The number of nitrogen functional groups attached to an aromatic ring is 1. The van der Waals surface area contributed by atoms with Crippen molar-refractivity contribution in [3.63, 3.8) is 0 Å². The number of rotatable bonds is 7. The van der Waals surface area contributed by atoms with Crippen LogP contribution in [0.15, 0.2) is 65.6 Å². The van der Waals surface area contributed by atoms with Gasteiger partial charge in [-0.15, -0.1) is 11.8 Å². The van der Waals surface area contributed by atoms with Gasteiger partial charge in [-0.3, -0.25) is 4.79 Å². The second-order valence-electron chi connectivity index (χ2n) is 5.19. The number of ether oxygens (including phenoxy) is 1. The number of carbonyl (C=O) groups excluding carboxylic acids is 1. The molecule has 3 N–H and O–H groups in total. The van der Waals surface area contributed by atoms with Crippen LogP contribution in [0.1, 0.15) is 5.82 Å². The van der Waals surface area contributed by atoms with Crippen molar-refractivity contribution in [2.24, 2.45) is 0 Å². The molecule has 0 fully saturated rings. The van der Waals surface area contributed by atoms with Gasteiger partial charge in [-0.05, 0) is 24.3 Å². The lowest BCUT2D eigenvalue weighted by Crippen LogP contribution is -2.12. The van der Waals surface area contributed by atoms with Crippen LogP contribution >= 0.6 is 11.8 Å². The number of esters is 1. The van der Waals surface area contributed by atoms with E-state index >= 15 is 0 Å². The number of nitrogens with two attached hydrogens (primary N) is 1. The Hall–Kier alpha value is -3.13. The Labute approximate surface area is 155 Å². The number of anilines is 3. The molecule has 8 heteroatoms. The first-order valence-electron chi connectivity index (χ1n) is 7.85. The Morgan fingerprint density at radius 1 is 1.00 bits per heavy atom. The Bertz CT molecular complexity index is 862. The van der Waals surface area contributed by atoms with Crippen LogP contribution < -0.4 is 11.1 Å². The molecule has 1 heterocycles. The summed E-state index contributed by atoms with van der Waals surface area (Å²) in [6, 6.07) is 19.1. The van der Waals surface area contributed by atoms with E-state index in [0.717, 1.165) is 10.6 Å². The molecule has 132 valence electrons. The van der Waals surface area contributed by atoms with E-state index in [0.29, 0.717) is 5.95 Å². The zero-order valence-corrected chi connectivity index (χ0v) is 14.6. The van der Waals surface area contributed by atoms with E-state index in [-0.39, 0.29) is 30.1 Å². The third kappa shape index (κ3) is 5.45. The summed E-state index contributed by atoms with van der Waals surface area (Å²) in [4.78, 5) is 25.1. The van der Waals surface area contributed by atoms with Crippen LogP contribution in [-0.2, 0) is 16.1 Å². The molecule has 1 aromatic heterocycles. The number of nitrogens with one attached hydrogen (secondary N) is 1. The van der Waals surface area contributed by atoms with Crippen LogP contribution in [-0.4, -0.2) is 26.7 Å². The summed E-state index contributed by atoms with van der Waals surface area (Å²) in [5, 5.41) is 3.03. The summed E-state index contributed by atoms with van der Waals surface area (Å²) in [6.45, 7) is -0.0651. The molecule has 0 saturated carbocycles. The van der Waals surface area contributed by atoms with E-state index in [9.17, 15) is 4.79 Å². The van der Waals surface area contributed by atoms with Crippen molar-refractivity contribution < 1.29 is 9.53 Å². The molecular weight excluding hydrogens is 350 g/mol. The van der Waals surface area contributed by atoms with Gasteiger partial charge in [-0.2, -0.15) is 15.0 Å². The molecular formula is C18H17N5O2S. The van der Waals surface area contributed by atoms with Crippen LogP contribution in [0.5, 0.6) is 0 Å². The van der Waals surface area contributed by atoms with Crippen molar-refractivity contribution in [3.05, 3.63) is 66.5 Å². The van der Waals surface area contributed by atoms with Gasteiger partial charge >= 0.3 is 5.97 Å². The number of hydrogen-bond donors (Lipinski definition) is 2. The Kier molecular flexibility index (Phi) is 6.00. The van der Waals surface area contributed by atoms with E-state index in [1.54, 1.807) is 0 Å². The van der Waals surface area contributed by atoms with E-state index in [4.69, 9.17) is 10.5 Å². The fraction of sp³-hybridized carbons (Fsp3) is 0.111. The smallest absolute Gasteiger partial charge is 0.316 e. The topological polar surface area (TPSA) is 103 Å². The average molecular weight is 367 g/mol. The summed E-state index contributed by atoms with van der Waals surface area (Å²) >= 11 is 1.41. The molecule has 0 amide bonds. The molecule has 0 atom stereocenters. The fourth-order valence-electron chi connectivity index (χ4n) is 2.05. The molecule has 0 spiro atoms. The minimum absolute atomic E-state index is 0.0585. The summed E-state index contributed by atoms with van der Waals surface area (Å²) in [6.07, 6.45) is 0. The maximum Gasteiger partial charge on any atom is 0.316 e. The van der Waals surface area contributed by atoms with Crippen molar-refractivity contribution >= 4 is 35.3 Å². The number of aromatic nitrogens is 3. The van der Waals surface area contributed by atoms with Crippen LogP contribution in [0.2, 0.25) is 0 Å². The lowest BCUT2D eigenvalue weighted by atomic mass is 10.3. The molecule has 0 aliphatic heterocycles. The van der Waals surface area contributed by atoms with Gasteiger partial charge in [-0.1, -0.05) is 36.4 Å². The lowest BCUT2D eigenvalue weighted by Gasteiger charge is -2.08. The summed E-state index contributed by atoms with van der Waals surface area (Å²) in [5.41, 5.74) is 6.53. The van der Waals surface area contributed by atoms with Crippen molar-refractivity contribution in [2.75, 3.05) is 16.8 Å². The average Bonchev–Trinajstić information content (AvgIpc) is 2.66. The van der Waals surface area contributed by atoms with Crippen molar-refractivity contribution in [2.45, 2.75) is 11.5 Å². The predicted octanol–water partition coefficient (Wildman–Crippen LogP) is 3.03. The first-order valence-corrected chi connectivity index (χ1v) is 8.83. The van der Waals surface area contributed by atoms with Gasteiger partial charge in [0.05, 0.1) is 5.75 Å². The number of benzene rings is 2. The maximum atomic E-state index is 11.9. The molecule has 3 rings (SSSR count). The Morgan fingerprint density at radius 2 is 1.69 bits per heavy atom. The number of hydrogen-bond acceptors (Lipinski definition) is 8. The molecule has 0 unspecified atom stereocenters. The molecule has 2 aromatic carbocycles. The summed E-state index contributed by atoms with van der Waals surface area (Å²) < 4.78 is 5.21. The molecule has 26 heavy (non-hydrogen) atoms. The SMILES string of the molecule is Nc1nc(COC(=O)CSc2ccccc2)nc(Nc2ccccc2)n1. The minimum atomic E-state index is -0.351. The van der Waals surface area contributed by atoms with E-state index in [1.807, 2.05) is 60.7 Å². The van der Waals surface area contributed by atoms with Gasteiger partial charge in [0.1, 0.15) is 0 Å². The van der Waals surface area contributed by atoms with Crippen molar-refractivity contribution in [1.82, 2.24) is 15.0 Å². The first-order chi connectivity index (χ1) is 12.7. The third-order valence-electron chi connectivity index (χ3n) is 3.19. The van der Waals surface area contributed by atoms with Crippen LogP contribution in [0.25, 0.3) is 0 Å². The van der Waals surface area contributed by atoms with Gasteiger partial charge < -0.3 is 15.8 Å². The van der Waals surface area contributed by atoms with Gasteiger partial charge in [0.25, 0.3) is 0 Å². The highest BCUT2D eigenvalue weighted by Crippen LogP contribution is 2.17. The van der Waals surface area contributed by atoms with E-state index in [2.05, 4.69) is 20.3 Å². The molecule has 0 radical (unpaired) electrons. The normalized spacial score (nSPS) is 10.3. The predicted molar refractivity (Wildman–Crippen MR) is 101 cm³/mol. The standard InChI is InChI=1S/C18H17N5O2S/c19-17-21-15(22-18(23-17)20-13-7-3-1-4-8-13)11-25-16(24)12-26-14-9-5-2-6-10-14/h1-10H,11-12H2,(H3,19,20,21,22,23). The summed E-state index contributed by atoms with van der Waals surface area (Å²) in [5.74, 6) is 0.501. The molecule has 0 aliphatic carbocycles. The Balaban J connectivity index is 1.55. The fourth-order valence-corrected chi connectivity index (χ4v) is 2.77. The molecule has 0 bridgehead atoms. The summed E-state index contributed by atoms with van der Waals surface area (Å²) in [7, 11) is 0. The second-order valence-corrected chi connectivity index (χ2v) is 6.24. The molecule has 0 saturated heterocycles. The number of carbonyl (C=O) groups is 1. The number of nitrogens with zero attached hydrogens (tertiary/aromatic N) is 3. The van der Waals surface area contributed by atoms with Gasteiger partial charge in [0.15, 0.2) is 12.4 Å². The zero-order chi connectivity index (χ0) is 18.2. The molecule has 3 aromatic rings. The Morgan fingerprint density at radius 3 is 2.42 bits per heavy atom. The van der Waals surface area contributed by atoms with Crippen molar-refractivity contribution in [3.8, 4) is 0 Å². The van der Waals surface area contributed by atoms with Gasteiger partial charge in [0.2, 0.25) is 11.9 Å². The second kappa shape index (κ2) is 8.82. The highest BCUT2D eigenvalue weighted by Gasteiger charge is 2.09. The van der Waals surface area contributed by atoms with Gasteiger partial charge in [-0.25, -0.2) is 0 Å². The largest absolute Gasteiger partial charge is 0.457 e. The minimum Gasteiger partial charge on any atom is -0.457 e.